The predicted molar refractivity (Wildman–Crippen MR) is 73.7 cm³/mol. The molecule has 0 aliphatic rings. The maximum absolute atomic E-state index is 10.0. The van der Waals surface area contributed by atoms with Gasteiger partial charge in [-0.15, -0.1) is 0 Å². The van der Waals surface area contributed by atoms with E-state index in [4.69, 9.17) is 15.6 Å². The molecule has 0 saturated heterocycles. The molecule has 0 saturated carbocycles. The molecule has 0 aliphatic carbocycles. The number of nitrogens with two attached hydrogens (primary N) is 1. The Morgan fingerprint density at radius 1 is 1.11 bits per heavy atom. The van der Waals surface area contributed by atoms with E-state index in [0.717, 1.165) is 11.1 Å². The second-order valence-corrected chi connectivity index (χ2v) is 4.30. The van der Waals surface area contributed by atoms with Crippen LogP contribution in [-0.4, -0.2) is 16.8 Å². The third-order valence-corrected chi connectivity index (χ3v) is 2.78. The van der Waals surface area contributed by atoms with E-state index in [1.807, 2.05) is 0 Å². The third kappa shape index (κ3) is 3.71. The lowest BCUT2D eigenvalue weighted by atomic mass is 10.1. The highest BCUT2D eigenvalue weighted by Gasteiger charge is 2.08. The number of hydrogen-bond donors (Lipinski definition) is 3. The molecule has 2 aromatic rings. The van der Waals surface area contributed by atoms with Crippen molar-refractivity contribution in [1.29, 1.82) is 0 Å². The molecule has 1 atom stereocenters. The Hall–Kier alpha value is -2.04. The van der Waals surface area contributed by atoms with Crippen LogP contribution in [0.25, 0.3) is 0 Å². The number of aliphatic hydroxyl groups excluding tert-OH is 2. The van der Waals surface area contributed by atoms with Crippen molar-refractivity contribution < 1.29 is 14.9 Å². The lowest BCUT2D eigenvalue weighted by molar-refractivity contribution is 0.108. The number of benzene rings is 2. The first-order chi connectivity index (χ1) is 9.19. The summed E-state index contributed by atoms with van der Waals surface area (Å²) in [7, 11) is 0. The Balaban J connectivity index is 1.98. The van der Waals surface area contributed by atoms with E-state index < -0.39 is 6.10 Å². The molecule has 0 aromatic heterocycles. The molecule has 4 nitrogen and oxygen atoms in total. The standard InChI is InChI=1S/C15H17NO3/c16-13-5-2-4-12(8-13)15(18)10-19-14-6-1-3-11(7-14)9-17/h1-8,15,17-18H,9-10,16H2. The lowest BCUT2D eigenvalue weighted by Crippen LogP contribution is -2.10. The van der Waals surface area contributed by atoms with E-state index in [1.54, 1.807) is 48.5 Å². The van der Waals surface area contributed by atoms with Crippen LogP contribution >= 0.6 is 0 Å². The van der Waals surface area contributed by atoms with Crippen molar-refractivity contribution >= 4 is 5.69 Å². The van der Waals surface area contributed by atoms with Crippen LogP contribution in [0.2, 0.25) is 0 Å². The quantitative estimate of drug-likeness (QED) is 0.716. The molecule has 19 heavy (non-hydrogen) atoms. The van der Waals surface area contributed by atoms with Crippen LogP contribution in [0.15, 0.2) is 48.5 Å². The number of aliphatic hydroxyl groups is 2. The van der Waals surface area contributed by atoms with E-state index in [2.05, 4.69) is 0 Å². The number of ether oxygens (including phenoxy) is 1. The molecule has 0 bridgehead atoms. The second-order valence-electron chi connectivity index (χ2n) is 4.30. The topological polar surface area (TPSA) is 75.7 Å². The van der Waals surface area contributed by atoms with Crippen molar-refractivity contribution in [3.63, 3.8) is 0 Å². The normalized spacial score (nSPS) is 12.1. The molecule has 0 spiro atoms. The number of nitrogen functional groups attached to an aromatic ring is 1. The van der Waals surface area contributed by atoms with Crippen molar-refractivity contribution in [2.45, 2.75) is 12.7 Å². The van der Waals surface area contributed by atoms with E-state index in [0.29, 0.717) is 11.4 Å². The molecular weight excluding hydrogens is 242 g/mol. The monoisotopic (exact) mass is 259 g/mol. The summed E-state index contributed by atoms with van der Waals surface area (Å²) in [6.45, 7) is 0.104. The summed E-state index contributed by atoms with van der Waals surface area (Å²) in [5.74, 6) is 0.620. The second kappa shape index (κ2) is 6.22. The maximum Gasteiger partial charge on any atom is 0.119 e. The Bertz CT molecular complexity index is 542. The molecule has 1 unspecified atom stereocenters. The third-order valence-electron chi connectivity index (χ3n) is 2.78. The van der Waals surface area contributed by atoms with Crippen LogP contribution in [0.5, 0.6) is 5.75 Å². The molecule has 0 fully saturated rings. The maximum atomic E-state index is 10.0. The summed E-state index contributed by atoms with van der Waals surface area (Å²) in [6, 6.07) is 14.2. The fourth-order valence-corrected chi connectivity index (χ4v) is 1.77. The highest BCUT2D eigenvalue weighted by Crippen LogP contribution is 2.19. The van der Waals surface area contributed by atoms with Gasteiger partial charge in [0.2, 0.25) is 0 Å². The van der Waals surface area contributed by atoms with Crippen molar-refractivity contribution in [3.05, 3.63) is 59.7 Å². The van der Waals surface area contributed by atoms with E-state index in [9.17, 15) is 5.11 Å². The largest absolute Gasteiger partial charge is 0.491 e. The van der Waals surface area contributed by atoms with Crippen molar-refractivity contribution in [2.24, 2.45) is 0 Å². The van der Waals surface area contributed by atoms with Gasteiger partial charge in [0, 0.05) is 5.69 Å². The number of anilines is 1. The van der Waals surface area contributed by atoms with E-state index in [-0.39, 0.29) is 13.2 Å². The molecular formula is C15H17NO3. The Labute approximate surface area is 112 Å². The van der Waals surface area contributed by atoms with Crippen LogP contribution in [0.3, 0.4) is 0 Å². The van der Waals surface area contributed by atoms with Crippen LogP contribution in [0, 0.1) is 0 Å². The van der Waals surface area contributed by atoms with Gasteiger partial charge in [0.15, 0.2) is 0 Å². The lowest BCUT2D eigenvalue weighted by Gasteiger charge is -2.13. The fourth-order valence-electron chi connectivity index (χ4n) is 1.77. The molecule has 2 aromatic carbocycles. The fraction of sp³-hybridized carbons (Fsp3) is 0.200. The first kappa shape index (κ1) is 13.4. The minimum atomic E-state index is -0.735. The first-order valence-electron chi connectivity index (χ1n) is 6.05. The Kier molecular flexibility index (Phi) is 4.39. The summed E-state index contributed by atoms with van der Waals surface area (Å²) in [5.41, 5.74) is 7.77. The summed E-state index contributed by atoms with van der Waals surface area (Å²) >= 11 is 0. The van der Waals surface area contributed by atoms with Gasteiger partial charge in [-0.05, 0) is 35.4 Å². The predicted octanol–water partition coefficient (Wildman–Crippen LogP) is 1.87. The zero-order chi connectivity index (χ0) is 13.7. The Morgan fingerprint density at radius 3 is 2.63 bits per heavy atom. The number of hydrogen-bond acceptors (Lipinski definition) is 4. The minimum Gasteiger partial charge on any atom is -0.491 e. The summed E-state index contributed by atoms with van der Waals surface area (Å²) in [4.78, 5) is 0. The van der Waals surface area contributed by atoms with Gasteiger partial charge in [0.25, 0.3) is 0 Å². The molecule has 2 rings (SSSR count). The van der Waals surface area contributed by atoms with Gasteiger partial charge < -0.3 is 20.7 Å². The molecule has 4 N–H and O–H groups in total. The SMILES string of the molecule is Nc1cccc(C(O)COc2cccc(CO)c2)c1. The van der Waals surface area contributed by atoms with Crippen LogP contribution in [0.4, 0.5) is 5.69 Å². The van der Waals surface area contributed by atoms with E-state index in [1.165, 1.54) is 0 Å². The first-order valence-corrected chi connectivity index (χ1v) is 6.05. The summed E-state index contributed by atoms with van der Waals surface area (Å²) in [6.07, 6.45) is -0.735. The van der Waals surface area contributed by atoms with Gasteiger partial charge in [-0.3, -0.25) is 0 Å². The summed E-state index contributed by atoms with van der Waals surface area (Å²) < 4.78 is 5.50. The minimum absolute atomic E-state index is 0.0328. The average Bonchev–Trinajstić information content (AvgIpc) is 2.45. The smallest absolute Gasteiger partial charge is 0.119 e. The van der Waals surface area contributed by atoms with Crippen molar-refractivity contribution in [2.75, 3.05) is 12.3 Å². The van der Waals surface area contributed by atoms with Gasteiger partial charge in [-0.25, -0.2) is 0 Å². The van der Waals surface area contributed by atoms with Crippen LogP contribution in [0.1, 0.15) is 17.2 Å². The Morgan fingerprint density at radius 2 is 1.89 bits per heavy atom. The van der Waals surface area contributed by atoms with Gasteiger partial charge in [0.1, 0.15) is 18.5 Å². The van der Waals surface area contributed by atoms with Crippen LogP contribution in [-0.2, 0) is 6.61 Å². The molecule has 4 heteroatoms. The average molecular weight is 259 g/mol. The highest BCUT2D eigenvalue weighted by atomic mass is 16.5. The van der Waals surface area contributed by atoms with Gasteiger partial charge in [-0.1, -0.05) is 24.3 Å². The number of rotatable bonds is 5. The zero-order valence-electron chi connectivity index (χ0n) is 10.5. The zero-order valence-corrected chi connectivity index (χ0v) is 10.5. The molecule has 0 radical (unpaired) electrons. The van der Waals surface area contributed by atoms with Gasteiger partial charge in [0.05, 0.1) is 6.61 Å². The summed E-state index contributed by atoms with van der Waals surface area (Å²) in [5, 5.41) is 19.0. The van der Waals surface area contributed by atoms with Crippen LogP contribution < -0.4 is 10.5 Å². The molecule has 0 aliphatic heterocycles. The molecule has 100 valence electrons. The van der Waals surface area contributed by atoms with Crippen molar-refractivity contribution in [3.8, 4) is 5.75 Å². The molecule has 0 amide bonds. The molecule has 0 heterocycles. The highest BCUT2D eigenvalue weighted by molar-refractivity contribution is 5.41. The van der Waals surface area contributed by atoms with Crippen molar-refractivity contribution in [1.82, 2.24) is 0 Å². The van der Waals surface area contributed by atoms with Gasteiger partial charge >= 0.3 is 0 Å². The van der Waals surface area contributed by atoms with E-state index >= 15 is 0 Å². The van der Waals surface area contributed by atoms with Gasteiger partial charge in [-0.2, -0.15) is 0 Å².